The summed E-state index contributed by atoms with van der Waals surface area (Å²) in [5, 5.41) is 3.85. The molecule has 0 aromatic heterocycles. The van der Waals surface area contributed by atoms with Crippen LogP contribution in [0.5, 0.6) is 0 Å². The average Bonchev–Trinajstić information content (AvgIpc) is 2.76. The fourth-order valence-electron chi connectivity index (χ4n) is 3.84. The molecule has 0 unspecified atom stereocenters. The van der Waals surface area contributed by atoms with E-state index in [0.717, 1.165) is 0 Å². The van der Waals surface area contributed by atoms with Crippen LogP contribution < -0.4 is 10.2 Å². The second kappa shape index (κ2) is 5.69. The Labute approximate surface area is 131 Å². The summed E-state index contributed by atoms with van der Waals surface area (Å²) in [6, 6.07) is 4.68. The monoisotopic (exact) mass is 336 g/mol. The molecule has 1 saturated heterocycles. The lowest BCUT2D eigenvalue weighted by atomic mass is 9.96. The minimum atomic E-state index is 0.380. The van der Waals surface area contributed by atoms with E-state index < -0.39 is 0 Å². The summed E-state index contributed by atoms with van der Waals surface area (Å²) in [6.45, 7) is 7.91. The van der Waals surface area contributed by atoms with Crippen LogP contribution in [0.15, 0.2) is 16.6 Å². The van der Waals surface area contributed by atoms with E-state index in [1.165, 1.54) is 73.0 Å². The van der Waals surface area contributed by atoms with Gasteiger partial charge in [-0.05, 0) is 62.9 Å². The van der Waals surface area contributed by atoms with Gasteiger partial charge < -0.3 is 10.2 Å². The second-order valence-corrected chi connectivity index (χ2v) is 7.38. The molecule has 1 aromatic rings. The van der Waals surface area contributed by atoms with E-state index in [1.807, 2.05) is 0 Å². The van der Waals surface area contributed by atoms with Crippen LogP contribution in [0.25, 0.3) is 0 Å². The number of nitrogens with one attached hydrogen (secondary N) is 1. The van der Waals surface area contributed by atoms with Gasteiger partial charge in [0.25, 0.3) is 0 Å². The Morgan fingerprint density at radius 3 is 2.40 bits per heavy atom. The van der Waals surface area contributed by atoms with Crippen LogP contribution >= 0.6 is 15.9 Å². The minimum Gasteiger partial charge on any atom is -0.370 e. The van der Waals surface area contributed by atoms with E-state index in [1.54, 1.807) is 0 Å². The molecule has 3 heteroatoms. The lowest BCUT2D eigenvalue weighted by Crippen LogP contribution is -2.49. The molecule has 2 nitrogen and oxygen atoms in total. The minimum absolute atomic E-state index is 0.380. The van der Waals surface area contributed by atoms with Gasteiger partial charge in [-0.1, -0.05) is 28.8 Å². The van der Waals surface area contributed by atoms with Crippen molar-refractivity contribution in [2.45, 2.75) is 51.5 Å². The first-order chi connectivity index (χ1) is 9.60. The van der Waals surface area contributed by atoms with Crippen LogP contribution in [-0.2, 0) is 0 Å². The second-order valence-electron chi connectivity index (χ2n) is 6.58. The molecule has 0 radical (unpaired) electrons. The van der Waals surface area contributed by atoms with Gasteiger partial charge in [0, 0.05) is 28.8 Å². The fourth-order valence-corrected chi connectivity index (χ4v) is 4.07. The predicted molar refractivity (Wildman–Crippen MR) is 89.6 cm³/mol. The first-order valence-corrected chi connectivity index (χ1v) is 8.66. The third kappa shape index (κ3) is 2.75. The Morgan fingerprint density at radius 1 is 1.10 bits per heavy atom. The number of rotatable bonds is 1. The van der Waals surface area contributed by atoms with Crippen molar-refractivity contribution >= 4 is 21.6 Å². The van der Waals surface area contributed by atoms with Crippen molar-refractivity contribution in [3.8, 4) is 0 Å². The number of hydrogen-bond acceptors (Lipinski definition) is 2. The van der Waals surface area contributed by atoms with Gasteiger partial charge in [0.05, 0.1) is 0 Å². The average molecular weight is 337 g/mol. The number of hydrogen-bond donors (Lipinski definition) is 1. The largest absolute Gasteiger partial charge is 0.370 e. The summed E-state index contributed by atoms with van der Waals surface area (Å²) in [7, 11) is 0. The predicted octanol–water partition coefficient (Wildman–Crippen LogP) is 4.18. The molecule has 110 valence electrons. The van der Waals surface area contributed by atoms with Crippen LogP contribution in [0.3, 0.4) is 0 Å². The molecule has 1 N–H and O–H groups in total. The van der Waals surface area contributed by atoms with Gasteiger partial charge in [-0.3, -0.25) is 0 Å². The zero-order valence-electron chi connectivity index (χ0n) is 12.6. The van der Waals surface area contributed by atoms with E-state index in [9.17, 15) is 0 Å². The highest BCUT2D eigenvalue weighted by molar-refractivity contribution is 9.10. The molecule has 1 aliphatic heterocycles. The third-order valence-corrected chi connectivity index (χ3v) is 6.20. The summed E-state index contributed by atoms with van der Waals surface area (Å²) in [6.07, 6.45) is 6.71. The van der Waals surface area contributed by atoms with E-state index in [4.69, 9.17) is 0 Å². The van der Waals surface area contributed by atoms with Crippen molar-refractivity contribution in [1.29, 1.82) is 0 Å². The topological polar surface area (TPSA) is 15.3 Å². The molecule has 1 aliphatic carbocycles. The molecule has 3 rings (SSSR count). The normalized spacial score (nSPS) is 22.2. The Bertz CT molecular complexity index is 469. The molecule has 0 atom stereocenters. The maximum absolute atomic E-state index is 3.85. The SMILES string of the molecule is Cc1cc(N2CCCNC3(CCCC3)C2)cc(C)c1Br. The standard InChI is InChI=1S/C17H25BrN2/c1-13-10-15(11-14(2)16(13)18)20-9-5-8-19-17(12-20)6-3-4-7-17/h10-11,19H,3-9,12H2,1-2H3. The zero-order chi connectivity index (χ0) is 14.2. The molecule has 2 fully saturated rings. The maximum Gasteiger partial charge on any atom is 0.0372 e. The van der Waals surface area contributed by atoms with Gasteiger partial charge in [0.1, 0.15) is 0 Å². The van der Waals surface area contributed by atoms with Gasteiger partial charge >= 0.3 is 0 Å². The molecule has 20 heavy (non-hydrogen) atoms. The number of benzene rings is 1. The highest BCUT2D eigenvalue weighted by Crippen LogP contribution is 2.34. The molecular formula is C17H25BrN2. The zero-order valence-corrected chi connectivity index (χ0v) is 14.2. The molecule has 2 aliphatic rings. The summed E-state index contributed by atoms with van der Waals surface area (Å²) in [5.41, 5.74) is 4.47. The molecule has 0 amide bonds. The van der Waals surface area contributed by atoms with Crippen molar-refractivity contribution in [1.82, 2.24) is 5.32 Å². The van der Waals surface area contributed by atoms with Crippen LogP contribution in [-0.4, -0.2) is 25.2 Å². The van der Waals surface area contributed by atoms with Crippen LogP contribution in [0.2, 0.25) is 0 Å². The van der Waals surface area contributed by atoms with Gasteiger partial charge in [0.2, 0.25) is 0 Å². The first-order valence-electron chi connectivity index (χ1n) is 7.86. The molecular weight excluding hydrogens is 312 g/mol. The number of nitrogens with zero attached hydrogens (tertiary/aromatic N) is 1. The molecule has 1 spiro atoms. The smallest absolute Gasteiger partial charge is 0.0372 e. The highest BCUT2D eigenvalue weighted by Gasteiger charge is 2.36. The first kappa shape index (κ1) is 14.4. The Hall–Kier alpha value is -0.540. The molecule has 1 saturated carbocycles. The Kier molecular flexibility index (Phi) is 4.09. The van der Waals surface area contributed by atoms with Crippen molar-refractivity contribution in [3.05, 3.63) is 27.7 Å². The third-order valence-electron chi connectivity index (χ3n) is 4.95. The summed E-state index contributed by atoms with van der Waals surface area (Å²) < 4.78 is 1.25. The van der Waals surface area contributed by atoms with Crippen molar-refractivity contribution in [2.75, 3.05) is 24.5 Å². The fraction of sp³-hybridized carbons (Fsp3) is 0.647. The van der Waals surface area contributed by atoms with Gasteiger partial charge in [-0.25, -0.2) is 0 Å². The van der Waals surface area contributed by atoms with E-state index in [0.29, 0.717) is 5.54 Å². The van der Waals surface area contributed by atoms with Crippen molar-refractivity contribution in [2.24, 2.45) is 0 Å². The van der Waals surface area contributed by atoms with Crippen LogP contribution in [0.1, 0.15) is 43.2 Å². The van der Waals surface area contributed by atoms with E-state index in [-0.39, 0.29) is 0 Å². The number of halogens is 1. The Morgan fingerprint density at radius 2 is 1.75 bits per heavy atom. The van der Waals surface area contributed by atoms with Gasteiger partial charge in [-0.15, -0.1) is 0 Å². The van der Waals surface area contributed by atoms with E-state index >= 15 is 0 Å². The molecule has 0 bridgehead atoms. The maximum atomic E-state index is 3.85. The summed E-state index contributed by atoms with van der Waals surface area (Å²) in [5.74, 6) is 0. The van der Waals surface area contributed by atoms with Crippen molar-refractivity contribution in [3.63, 3.8) is 0 Å². The van der Waals surface area contributed by atoms with Crippen LogP contribution in [0, 0.1) is 13.8 Å². The lowest BCUT2D eigenvalue weighted by Gasteiger charge is -2.35. The van der Waals surface area contributed by atoms with Crippen LogP contribution in [0.4, 0.5) is 5.69 Å². The number of aryl methyl sites for hydroxylation is 2. The highest BCUT2D eigenvalue weighted by atomic mass is 79.9. The van der Waals surface area contributed by atoms with Crippen molar-refractivity contribution < 1.29 is 0 Å². The van der Waals surface area contributed by atoms with E-state index in [2.05, 4.69) is 52.1 Å². The number of anilines is 1. The van der Waals surface area contributed by atoms with Gasteiger partial charge in [-0.2, -0.15) is 0 Å². The molecule has 1 heterocycles. The summed E-state index contributed by atoms with van der Waals surface area (Å²) in [4.78, 5) is 2.61. The Balaban J connectivity index is 1.88. The summed E-state index contributed by atoms with van der Waals surface area (Å²) >= 11 is 3.68. The quantitative estimate of drug-likeness (QED) is 0.827. The van der Waals surface area contributed by atoms with Gasteiger partial charge in [0.15, 0.2) is 0 Å². The molecule has 1 aromatic carbocycles. The lowest BCUT2D eigenvalue weighted by molar-refractivity contribution is 0.354.